The predicted molar refractivity (Wildman–Crippen MR) is 64.1 cm³/mol. The molecule has 1 rings (SSSR count). The summed E-state index contributed by atoms with van der Waals surface area (Å²) in [6.07, 6.45) is 0. The molecule has 0 atom stereocenters. The molecule has 1 aromatic heterocycles. The van der Waals surface area contributed by atoms with E-state index >= 15 is 0 Å². The molecule has 2 N–H and O–H groups in total. The second-order valence-electron chi connectivity index (χ2n) is 4.24. The molecule has 0 fully saturated rings. The summed E-state index contributed by atoms with van der Waals surface area (Å²) < 4.78 is 5.09. The fourth-order valence-corrected chi connectivity index (χ4v) is 2.11. The van der Waals surface area contributed by atoms with Gasteiger partial charge in [0, 0.05) is 24.1 Å². The van der Waals surface area contributed by atoms with Crippen LogP contribution >= 0.6 is 11.3 Å². The van der Waals surface area contributed by atoms with E-state index in [4.69, 9.17) is 9.84 Å². The summed E-state index contributed by atoms with van der Waals surface area (Å²) in [6, 6.07) is 3.47. The van der Waals surface area contributed by atoms with Crippen molar-refractivity contribution >= 4 is 17.3 Å². The first kappa shape index (κ1) is 13.2. The maximum Gasteiger partial charge on any atom is 0.345 e. The van der Waals surface area contributed by atoms with Crippen molar-refractivity contribution in [1.82, 2.24) is 5.32 Å². The summed E-state index contributed by atoms with van der Waals surface area (Å²) in [6.45, 7) is 5.36. The average molecular weight is 243 g/mol. The van der Waals surface area contributed by atoms with Crippen LogP contribution in [0.1, 0.15) is 28.4 Å². The summed E-state index contributed by atoms with van der Waals surface area (Å²) in [4.78, 5) is 12.1. The standard InChI is InChI=1S/C11H17NO3S/c1-11(2,7-15-3)12-6-8-4-5-9(16-8)10(13)14/h4-5,12H,6-7H2,1-3H3,(H,13,14). The molecule has 0 aliphatic carbocycles. The highest BCUT2D eigenvalue weighted by Crippen LogP contribution is 2.17. The molecule has 0 amide bonds. The number of ether oxygens (including phenoxy) is 1. The SMILES string of the molecule is COCC(C)(C)NCc1ccc(C(=O)O)s1. The molecule has 90 valence electrons. The molecule has 0 bridgehead atoms. The highest BCUT2D eigenvalue weighted by atomic mass is 32.1. The van der Waals surface area contributed by atoms with E-state index in [1.807, 2.05) is 19.9 Å². The number of carboxylic acids is 1. The first-order valence-corrected chi connectivity index (χ1v) is 5.82. The fraction of sp³-hybridized carbons (Fsp3) is 0.545. The van der Waals surface area contributed by atoms with Crippen LogP contribution in [-0.2, 0) is 11.3 Å². The smallest absolute Gasteiger partial charge is 0.345 e. The number of carboxylic acid groups (broad SMARTS) is 1. The third kappa shape index (κ3) is 3.92. The summed E-state index contributed by atoms with van der Waals surface area (Å²) in [5, 5.41) is 12.1. The van der Waals surface area contributed by atoms with Crippen LogP contribution in [0.25, 0.3) is 0 Å². The van der Waals surface area contributed by atoms with E-state index in [1.54, 1.807) is 13.2 Å². The number of hydrogen-bond acceptors (Lipinski definition) is 4. The Hall–Kier alpha value is -0.910. The molecular weight excluding hydrogens is 226 g/mol. The number of methoxy groups -OCH3 is 1. The van der Waals surface area contributed by atoms with E-state index in [1.165, 1.54) is 11.3 Å². The van der Waals surface area contributed by atoms with Crippen LogP contribution in [0, 0.1) is 0 Å². The van der Waals surface area contributed by atoms with Gasteiger partial charge in [0.2, 0.25) is 0 Å². The zero-order valence-corrected chi connectivity index (χ0v) is 10.6. The molecule has 5 heteroatoms. The Labute approximate surface area is 99.2 Å². The Balaban J connectivity index is 2.51. The van der Waals surface area contributed by atoms with Crippen LogP contribution in [-0.4, -0.2) is 30.3 Å². The van der Waals surface area contributed by atoms with Gasteiger partial charge in [0.1, 0.15) is 4.88 Å². The Kier molecular flexibility index (Phi) is 4.46. The zero-order chi connectivity index (χ0) is 12.2. The lowest BCUT2D eigenvalue weighted by atomic mass is 10.1. The normalized spacial score (nSPS) is 11.7. The molecule has 0 aliphatic heterocycles. The molecule has 0 aromatic carbocycles. The molecule has 1 heterocycles. The number of hydrogen-bond donors (Lipinski definition) is 2. The van der Waals surface area contributed by atoms with E-state index < -0.39 is 5.97 Å². The Morgan fingerprint density at radius 2 is 2.25 bits per heavy atom. The minimum atomic E-state index is -0.868. The topological polar surface area (TPSA) is 58.6 Å². The second-order valence-corrected chi connectivity index (χ2v) is 5.41. The van der Waals surface area contributed by atoms with Crippen molar-refractivity contribution in [2.75, 3.05) is 13.7 Å². The Morgan fingerprint density at radius 3 is 2.75 bits per heavy atom. The summed E-state index contributed by atoms with van der Waals surface area (Å²) >= 11 is 1.30. The predicted octanol–water partition coefficient (Wildman–Crippen LogP) is 1.96. The number of aromatic carboxylic acids is 1. The fourth-order valence-electron chi connectivity index (χ4n) is 1.33. The first-order chi connectivity index (χ1) is 7.44. The molecule has 16 heavy (non-hydrogen) atoms. The molecule has 0 unspecified atom stereocenters. The number of thiophene rings is 1. The zero-order valence-electron chi connectivity index (χ0n) is 9.74. The van der Waals surface area contributed by atoms with Crippen LogP contribution in [0.3, 0.4) is 0 Å². The second kappa shape index (κ2) is 5.43. The highest BCUT2D eigenvalue weighted by molar-refractivity contribution is 7.13. The lowest BCUT2D eigenvalue weighted by molar-refractivity contribution is 0.0702. The van der Waals surface area contributed by atoms with Gasteiger partial charge in [0.15, 0.2) is 0 Å². The molecule has 1 aromatic rings. The minimum absolute atomic E-state index is 0.109. The molecular formula is C11H17NO3S. The van der Waals surface area contributed by atoms with Gasteiger partial charge >= 0.3 is 5.97 Å². The van der Waals surface area contributed by atoms with Crippen molar-refractivity contribution in [3.05, 3.63) is 21.9 Å². The van der Waals surface area contributed by atoms with Crippen molar-refractivity contribution in [3.63, 3.8) is 0 Å². The third-order valence-corrected chi connectivity index (χ3v) is 3.19. The lowest BCUT2D eigenvalue weighted by Crippen LogP contribution is -2.42. The van der Waals surface area contributed by atoms with Crippen LogP contribution in [0.4, 0.5) is 0 Å². The molecule has 4 nitrogen and oxygen atoms in total. The molecule has 0 saturated heterocycles. The van der Waals surface area contributed by atoms with E-state index in [0.29, 0.717) is 18.0 Å². The van der Waals surface area contributed by atoms with Gasteiger partial charge in [-0.1, -0.05) is 0 Å². The highest BCUT2D eigenvalue weighted by Gasteiger charge is 2.17. The van der Waals surface area contributed by atoms with E-state index in [2.05, 4.69) is 5.32 Å². The summed E-state index contributed by atoms with van der Waals surface area (Å²) in [7, 11) is 1.66. The van der Waals surface area contributed by atoms with Crippen molar-refractivity contribution in [2.24, 2.45) is 0 Å². The van der Waals surface area contributed by atoms with Gasteiger partial charge in [0.05, 0.1) is 6.61 Å². The van der Waals surface area contributed by atoms with Crippen molar-refractivity contribution in [3.8, 4) is 0 Å². The van der Waals surface area contributed by atoms with Gasteiger partial charge in [-0.15, -0.1) is 11.3 Å². The quantitative estimate of drug-likeness (QED) is 0.802. The summed E-state index contributed by atoms with van der Waals surface area (Å²) in [5.74, 6) is -0.868. The third-order valence-electron chi connectivity index (χ3n) is 2.12. The van der Waals surface area contributed by atoms with Gasteiger partial charge in [-0.3, -0.25) is 0 Å². The maximum atomic E-state index is 10.7. The van der Waals surface area contributed by atoms with Gasteiger partial charge in [-0.2, -0.15) is 0 Å². The Bertz CT molecular complexity index is 360. The average Bonchev–Trinajstić information content (AvgIpc) is 2.63. The van der Waals surface area contributed by atoms with Crippen molar-refractivity contribution < 1.29 is 14.6 Å². The molecule has 0 saturated carbocycles. The first-order valence-electron chi connectivity index (χ1n) is 5.00. The Morgan fingerprint density at radius 1 is 1.56 bits per heavy atom. The van der Waals surface area contributed by atoms with Gasteiger partial charge in [-0.25, -0.2) is 4.79 Å². The minimum Gasteiger partial charge on any atom is -0.477 e. The van der Waals surface area contributed by atoms with Crippen molar-refractivity contribution in [1.29, 1.82) is 0 Å². The van der Waals surface area contributed by atoms with Crippen molar-refractivity contribution in [2.45, 2.75) is 25.9 Å². The lowest BCUT2D eigenvalue weighted by Gasteiger charge is -2.24. The molecule has 0 aliphatic rings. The van der Waals surface area contributed by atoms with E-state index in [-0.39, 0.29) is 5.54 Å². The van der Waals surface area contributed by atoms with Gasteiger partial charge < -0.3 is 15.2 Å². The van der Waals surface area contributed by atoms with Crippen LogP contribution in [0.2, 0.25) is 0 Å². The largest absolute Gasteiger partial charge is 0.477 e. The summed E-state index contributed by atoms with van der Waals surface area (Å²) in [5.41, 5.74) is -0.109. The monoisotopic (exact) mass is 243 g/mol. The molecule has 0 radical (unpaired) electrons. The van der Waals surface area contributed by atoms with Gasteiger partial charge in [-0.05, 0) is 26.0 Å². The van der Waals surface area contributed by atoms with Crippen LogP contribution < -0.4 is 5.32 Å². The van der Waals surface area contributed by atoms with Gasteiger partial charge in [0.25, 0.3) is 0 Å². The van der Waals surface area contributed by atoms with E-state index in [9.17, 15) is 4.79 Å². The maximum absolute atomic E-state index is 10.7. The molecule has 0 spiro atoms. The number of nitrogens with one attached hydrogen (secondary N) is 1. The number of rotatable bonds is 6. The number of carbonyl (C=O) groups is 1. The van der Waals surface area contributed by atoms with Crippen LogP contribution in [0.15, 0.2) is 12.1 Å². The van der Waals surface area contributed by atoms with E-state index in [0.717, 1.165) is 4.88 Å². The van der Waals surface area contributed by atoms with Crippen LogP contribution in [0.5, 0.6) is 0 Å².